The molecule has 3 N–H and O–H groups in total. The molecule has 20 heavy (non-hydrogen) atoms. The van der Waals surface area contributed by atoms with E-state index in [2.05, 4.69) is 10.6 Å². The van der Waals surface area contributed by atoms with Crippen molar-refractivity contribution in [2.24, 2.45) is 5.92 Å². The molecule has 0 bridgehead atoms. The molecule has 0 spiro atoms. The summed E-state index contributed by atoms with van der Waals surface area (Å²) < 4.78 is 4.95. The summed E-state index contributed by atoms with van der Waals surface area (Å²) in [6.07, 6.45) is 3.05. The first kappa shape index (κ1) is 16.2. The third-order valence-corrected chi connectivity index (χ3v) is 2.97. The third-order valence-electron chi connectivity index (χ3n) is 2.97. The molecule has 6 heteroatoms. The van der Waals surface area contributed by atoms with Gasteiger partial charge in [0.1, 0.15) is 6.04 Å². The van der Waals surface area contributed by atoms with Crippen LogP contribution in [0.15, 0.2) is 22.8 Å². The zero-order valence-corrected chi connectivity index (χ0v) is 11.9. The fourth-order valence-corrected chi connectivity index (χ4v) is 1.65. The molecule has 0 saturated heterocycles. The normalized spacial score (nSPS) is 13.6. The van der Waals surface area contributed by atoms with Crippen molar-refractivity contribution >= 4 is 11.8 Å². The van der Waals surface area contributed by atoms with Crippen LogP contribution in [0.5, 0.6) is 0 Å². The second-order valence-corrected chi connectivity index (χ2v) is 4.89. The third kappa shape index (κ3) is 5.44. The number of amides is 2. The second-order valence-electron chi connectivity index (χ2n) is 4.89. The Morgan fingerprint density at radius 1 is 1.40 bits per heavy atom. The molecule has 0 aromatic carbocycles. The van der Waals surface area contributed by atoms with Crippen molar-refractivity contribution in [3.05, 3.63) is 24.2 Å². The van der Waals surface area contributed by atoms with Gasteiger partial charge in [-0.1, -0.05) is 6.92 Å². The summed E-state index contributed by atoms with van der Waals surface area (Å²) >= 11 is 0. The Morgan fingerprint density at radius 3 is 2.75 bits per heavy atom. The van der Waals surface area contributed by atoms with Gasteiger partial charge in [0.05, 0.1) is 6.26 Å². The minimum Gasteiger partial charge on any atom is -0.459 e. The number of carbonyl (C=O) groups is 2. The minimum atomic E-state index is -0.622. The van der Waals surface area contributed by atoms with E-state index in [0.717, 1.165) is 12.8 Å². The maximum Gasteiger partial charge on any atom is 0.287 e. The lowest BCUT2D eigenvalue weighted by Gasteiger charge is -2.14. The van der Waals surface area contributed by atoms with Gasteiger partial charge in [0.25, 0.3) is 5.91 Å². The topological polar surface area (TPSA) is 91.6 Å². The summed E-state index contributed by atoms with van der Waals surface area (Å²) in [7, 11) is 0. The summed E-state index contributed by atoms with van der Waals surface area (Å²) in [6.45, 7) is 4.26. The van der Waals surface area contributed by atoms with Crippen molar-refractivity contribution in [2.75, 3.05) is 13.2 Å². The van der Waals surface area contributed by atoms with Crippen LogP contribution in [-0.4, -0.2) is 36.1 Å². The Balaban J connectivity index is 2.24. The van der Waals surface area contributed by atoms with Crippen LogP contribution in [0.4, 0.5) is 0 Å². The summed E-state index contributed by atoms with van der Waals surface area (Å²) in [6, 6.07) is 2.53. The zero-order valence-electron chi connectivity index (χ0n) is 11.9. The molecule has 1 rings (SSSR count). The lowest BCUT2D eigenvalue weighted by Crippen LogP contribution is -2.45. The highest BCUT2D eigenvalue weighted by Gasteiger charge is 2.17. The Kier molecular flexibility index (Phi) is 6.79. The highest BCUT2D eigenvalue weighted by molar-refractivity contribution is 5.95. The lowest BCUT2D eigenvalue weighted by molar-refractivity contribution is -0.122. The second kappa shape index (κ2) is 8.37. The number of rotatable bonds is 8. The number of aliphatic hydroxyl groups excluding tert-OH is 1. The quantitative estimate of drug-likeness (QED) is 0.618. The fourth-order valence-electron chi connectivity index (χ4n) is 1.65. The van der Waals surface area contributed by atoms with E-state index in [4.69, 9.17) is 9.52 Å². The molecule has 2 unspecified atom stereocenters. The van der Waals surface area contributed by atoms with Gasteiger partial charge < -0.3 is 20.2 Å². The summed E-state index contributed by atoms with van der Waals surface area (Å²) in [5.41, 5.74) is 0. The Hall–Kier alpha value is -1.82. The summed E-state index contributed by atoms with van der Waals surface area (Å²) in [5.74, 6) is -0.225. The van der Waals surface area contributed by atoms with Gasteiger partial charge in [0, 0.05) is 13.2 Å². The van der Waals surface area contributed by atoms with Crippen LogP contribution in [0.2, 0.25) is 0 Å². The number of nitrogens with one attached hydrogen (secondary N) is 2. The van der Waals surface area contributed by atoms with Crippen LogP contribution in [0.1, 0.15) is 37.2 Å². The number of furan rings is 1. The Labute approximate surface area is 118 Å². The van der Waals surface area contributed by atoms with Gasteiger partial charge >= 0.3 is 0 Å². The molecule has 2 amide bonds. The highest BCUT2D eigenvalue weighted by atomic mass is 16.3. The number of aliphatic hydroxyl groups is 1. The molecule has 0 saturated carbocycles. The van der Waals surface area contributed by atoms with Gasteiger partial charge in [0.15, 0.2) is 5.76 Å². The predicted octanol–water partition coefficient (Wildman–Crippen LogP) is 0.923. The maximum atomic E-state index is 11.8. The largest absolute Gasteiger partial charge is 0.459 e. The van der Waals surface area contributed by atoms with Crippen LogP contribution < -0.4 is 10.6 Å². The van der Waals surface area contributed by atoms with Crippen molar-refractivity contribution in [1.29, 1.82) is 0 Å². The first-order chi connectivity index (χ1) is 9.54. The van der Waals surface area contributed by atoms with Crippen LogP contribution >= 0.6 is 0 Å². The monoisotopic (exact) mass is 282 g/mol. The predicted molar refractivity (Wildman–Crippen MR) is 74.1 cm³/mol. The maximum absolute atomic E-state index is 11.8. The molecule has 6 nitrogen and oxygen atoms in total. The van der Waals surface area contributed by atoms with E-state index in [1.807, 2.05) is 6.92 Å². The van der Waals surface area contributed by atoms with Gasteiger partial charge in [-0.05, 0) is 37.8 Å². The molecule has 0 aliphatic carbocycles. The van der Waals surface area contributed by atoms with Crippen molar-refractivity contribution in [3.63, 3.8) is 0 Å². The van der Waals surface area contributed by atoms with Crippen LogP contribution in [-0.2, 0) is 4.79 Å². The summed E-state index contributed by atoms with van der Waals surface area (Å²) in [4.78, 5) is 23.4. The van der Waals surface area contributed by atoms with Crippen LogP contribution in [0.3, 0.4) is 0 Å². The molecule has 0 fully saturated rings. The van der Waals surface area contributed by atoms with E-state index in [0.29, 0.717) is 6.54 Å². The van der Waals surface area contributed by atoms with E-state index < -0.39 is 11.9 Å². The van der Waals surface area contributed by atoms with Gasteiger partial charge in [-0.3, -0.25) is 9.59 Å². The van der Waals surface area contributed by atoms with Crippen molar-refractivity contribution < 1.29 is 19.1 Å². The van der Waals surface area contributed by atoms with E-state index in [1.54, 1.807) is 13.0 Å². The summed E-state index contributed by atoms with van der Waals surface area (Å²) in [5, 5.41) is 14.2. The fraction of sp³-hybridized carbons (Fsp3) is 0.571. The Morgan fingerprint density at radius 2 is 2.15 bits per heavy atom. The lowest BCUT2D eigenvalue weighted by atomic mass is 10.1. The number of hydrogen-bond acceptors (Lipinski definition) is 4. The van der Waals surface area contributed by atoms with Crippen molar-refractivity contribution in [2.45, 2.75) is 32.7 Å². The minimum absolute atomic E-state index is 0.156. The van der Waals surface area contributed by atoms with E-state index in [9.17, 15) is 9.59 Å². The van der Waals surface area contributed by atoms with Crippen molar-refractivity contribution in [1.82, 2.24) is 10.6 Å². The average Bonchev–Trinajstić information content (AvgIpc) is 2.96. The number of carbonyl (C=O) groups excluding carboxylic acids is 2. The molecular formula is C14H22N2O4. The average molecular weight is 282 g/mol. The molecule has 0 radical (unpaired) electrons. The molecule has 0 aliphatic rings. The highest BCUT2D eigenvalue weighted by Crippen LogP contribution is 2.03. The smallest absolute Gasteiger partial charge is 0.287 e. The molecular weight excluding hydrogens is 260 g/mol. The van der Waals surface area contributed by atoms with Gasteiger partial charge in [-0.2, -0.15) is 0 Å². The van der Waals surface area contributed by atoms with Crippen LogP contribution in [0.25, 0.3) is 0 Å². The first-order valence-corrected chi connectivity index (χ1v) is 6.77. The number of hydrogen-bond donors (Lipinski definition) is 3. The first-order valence-electron chi connectivity index (χ1n) is 6.77. The van der Waals surface area contributed by atoms with E-state index in [-0.39, 0.29) is 24.2 Å². The van der Waals surface area contributed by atoms with Gasteiger partial charge in [-0.15, -0.1) is 0 Å². The SMILES string of the molecule is CC(CO)CCCNC(=O)C(C)NC(=O)c1ccco1. The van der Waals surface area contributed by atoms with E-state index >= 15 is 0 Å². The Bertz CT molecular complexity index is 417. The molecule has 2 atom stereocenters. The zero-order chi connectivity index (χ0) is 15.0. The van der Waals surface area contributed by atoms with Gasteiger partial charge in [-0.25, -0.2) is 0 Å². The molecule has 1 aromatic rings. The van der Waals surface area contributed by atoms with Crippen LogP contribution in [0, 0.1) is 5.92 Å². The molecule has 0 aliphatic heterocycles. The molecule has 112 valence electrons. The van der Waals surface area contributed by atoms with E-state index in [1.165, 1.54) is 12.3 Å². The molecule has 1 aromatic heterocycles. The molecule has 1 heterocycles. The van der Waals surface area contributed by atoms with Crippen molar-refractivity contribution in [3.8, 4) is 0 Å². The van der Waals surface area contributed by atoms with Gasteiger partial charge in [0.2, 0.25) is 5.91 Å². The standard InChI is InChI=1S/C14H22N2O4/c1-10(9-17)5-3-7-15-13(18)11(2)16-14(19)12-6-4-8-20-12/h4,6,8,10-11,17H,3,5,7,9H2,1-2H3,(H,15,18)(H,16,19).